The van der Waals surface area contributed by atoms with E-state index in [4.69, 9.17) is 0 Å². The number of rotatable bonds is 2. The molecule has 0 N–H and O–H groups in total. The second-order valence-corrected chi connectivity index (χ2v) is 43.1. The van der Waals surface area contributed by atoms with Crippen LogP contribution < -0.4 is 31.0 Å². The van der Waals surface area contributed by atoms with Crippen LogP contribution in [0, 0.1) is 13.8 Å². The molecule has 0 aliphatic carbocycles. The normalized spacial score (nSPS) is 17.0. The molecular formula is C43H52N2P2Si2. The molecule has 0 saturated heterocycles. The molecular weight excluding hydrogens is 663 g/mol. The summed E-state index contributed by atoms with van der Waals surface area (Å²) < 4.78 is 0. The Labute approximate surface area is 298 Å². The van der Waals surface area contributed by atoms with Gasteiger partial charge in [0.1, 0.15) is 0 Å². The Morgan fingerprint density at radius 1 is 0.490 bits per heavy atom. The van der Waals surface area contributed by atoms with Gasteiger partial charge in [-0.1, -0.05) is 0 Å². The van der Waals surface area contributed by atoms with E-state index in [1.54, 1.807) is 10.6 Å². The minimum absolute atomic E-state index is 0.668. The summed E-state index contributed by atoms with van der Waals surface area (Å²) in [6, 6.07) is 42.9. The quantitative estimate of drug-likeness (QED) is 0.130. The molecule has 1 aliphatic rings. The van der Waals surface area contributed by atoms with Crippen LogP contribution in [0.15, 0.2) is 109 Å². The number of hydrogen-bond donors (Lipinski definition) is 0. The predicted octanol–water partition coefficient (Wildman–Crippen LogP) is 10.9. The summed E-state index contributed by atoms with van der Waals surface area (Å²) in [6.07, 6.45) is 0. The first kappa shape index (κ1) is 34.2. The van der Waals surface area contributed by atoms with Crippen molar-refractivity contribution in [2.75, 3.05) is 30.6 Å². The van der Waals surface area contributed by atoms with Crippen molar-refractivity contribution in [1.29, 1.82) is 0 Å². The first-order valence-corrected chi connectivity index (χ1v) is 30.3. The van der Waals surface area contributed by atoms with E-state index in [1.807, 2.05) is 0 Å². The van der Waals surface area contributed by atoms with Crippen LogP contribution in [-0.4, -0.2) is 36.2 Å². The van der Waals surface area contributed by atoms with Crippen LogP contribution in [0.4, 0.5) is 22.7 Å². The molecule has 1 aliphatic heterocycles. The molecule has 6 heteroatoms. The van der Waals surface area contributed by atoms with E-state index in [1.165, 1.54) is 66.0 Å². The third kappa shape index (κ3) is 5.70. The van der Waals surface area contributed by atoms with Crippen molar-refractivity contribution < 1.29 is 0 Å². The second kappa shape index (κ2) is 12.2. The third-order valence-electron chi connectivity index (χ3n) is 11.2. The van der Waals surface area contributed by atoms with E-state index in [9.17, 15) is 0 Å². The standard InChI is InChI=1S/C43H52N2P2Si2/c1-30-20-22-40-36(24-30)44(3)38-25-31(2)21-23-42(38)47(5,49(9,10)11)43-29-35-19-15-13-17-33(35)27-39(43)45(4)37-26-32-16-12-14-18-34(32)28-41(37)46(40)48(6,7)8/h12-29,47H,1-11H3. The summed E-state index contributed by atoms with van der Waals surface area (Å²) in [6.45, 7) is 20.5. The Morgan fingerprint density at radius 2 is 0.939 bits per heavy atom. The Kier molecular flexibility index (Phi) is 8.52. The number of aryl methyl sites for hydroxylation is 2. The molecule has 0 amide bonds. The van der Waals surface area contributed by atoms with Crippen LogP contribution >= 0.6 is 14.3 Å². The Hall–Kier alpha value is -3.27. The van der Waals surface area contributed by atoms with Gasteiger partial charge >= 0.3 is 299 Å². The number of fused-ring (bicyclic) bond motifs is 6. The van der Waals surface area contributed by atoms with Crippen molar-refractivity contribution in [2.45, 2.75) is 53.1 Å². The molecule has 0 saturated carbocycles. The van der Waals surface area contributed by atoms with Crippen LogP contribution in [-0.2, 0) is 0 Å². The summed E-state index contributed by atoms with van der Waals surface area (Å²) in [5.74, 6) is 0. The zero-order valence-electron chi connectivity index (χ0n) is 31.2. The molecule has 6 aromatic carbocycles. The van der Waals surface area contributed by atoms with Gasteiger partial charge in [0.2, 0.25) is 0 Å². The van der Waals surface area contributed by atoms with E-state index < -0.39 is 29.8 Å². The first-order chi connectivity index (χ1) is 23.1. The summed E-state index contributed by atoms with van der Waals surface area (Å²) in [7, 11) is 0.382. The average molecular weight is 715 g/mol. The summed E-state index contributed by atoms with van der Waals surface area (Å²) in [5, 5.41) is 11.4. The Morgan fingerprint density at radius 3 is 1.49 bits per heavy atom. The van der Waals surface area contributed by atoms with Crippen LogP contribution in [0.1, 0.15) is 11.1 Å². The second-order valence-electron chi connectivity index (χ2n) is 16.4. The van der Waals surface area contributed by atoms with Crippen LogP contribution in [0.2, 0.25) is 39.3 Å². The zero-order chi connectivity index (χ0) is 35.0. The van der Waals surface area contributed by atoms with Crippen molar-refractivity contribution in [3.63, 3.8) is 0 Å². The van der Waals surface area contributed by atoms with E-state index in [0.29, 0.717) is 0 Å². The van der Waals surface area contributed by atoms with Gasteiger partial charge in [-0.05, 0) is 0 Å². The summed E-state index contributed by atoms with van der Waals surface area (Å²) in [4.78, 5) is 5.20. The molecule has 1 atom stereocenters. The van der Waals surface area contributed by atoms with Crippen molar-refractivity contribution in [1.82, 2.24) is 0 Å². The van der Waals surface area contributed by atoms with E-state index >= 15 is 0 Å². The van der Waals surface area contributed by atoms with Crippen molar-refractivity contribution in [3.8, 4) is 0 Å². The van der Waals surface area contributed by atoms with Crippen molar-refractivity contribution in [3.05, 3.63) is 120 Å². The van der Waals surface area contributed by atoms with Crippen molar-refractivity contribution in [2.24, 2.45) is 0 Å². The number of benzene rings is 6. The first-order valence-electron chi connectivity index (χ1n) is 17.6. The fraction of sp³-hybridized carbons (Fsp3) is 0.256. The van der Waals surface area contributed by atoms with Crippen molar-refractivity contribution >= 4 is 95.3 Å². The predicted molar refractivity (Wildman–Crippen MR) is 233 cm³/mol. The van der Waals surface area contributed by atoms with Gasteiger partial charge in [-0.3, -0.25) is 0 Å². The Balaban J connectivity index is 1.72. The minimum atomic E-state index is -2.37. The molecule has 2 nitrogen and oxygen atoms in total. The number of anilines is 4. The van der Waals surface area contributed by atoms with Gasteiger partial charge in [-0.25, -0.2) is 0 Å². The number of hydrogen-bond acceptors (Lipinski definition) is 2. The monoisotopic (exact) mass is 714 g/mol. The molecule has 49 heavy (non-hydrogen) atoms. The molecule has 0 aromatic heterocycles. The molecule has 1 unspecified atom stereocenters. The molecule has 252 valence electrons. The summed E-state index contributed by atoms with van der Waals surface area (Å²) in [5.41, 5.74) is 8.11. The molecule has 0 fully saturated rings. The van der Waals surface area contributed by atoms with Crippen LogP contribution in [0.3, 0.4) is 0 Å². The SMILES string of the molecule is Cc1ccc2c(c1)N(C)c1cc(C)ccc1[PH](C)([Si](C)(C)C)c1cc3ccccc3cc1N(C)c1cc3ccccc3cc1P2[Si](C)(C)C. The molecule has 0 bridgehead atoms. The molecule has 1 heterocycles. The van der Waals surface area contributed by atoms with Gasteiger partial charge in [-0.15, -0.1) is 0 Å². The van der Waals surface area contributed by atoms with Gasteiger partial charge in [-0.2, -0.15) is 0 Å². The van der Waals surface area contributed by atoms with E-state index in [2.05, 4.69) is 193 Å². The van der Waals surface area contributed by atoms with Crippen LogP contribution in [0.25, 0.3) is 21.5 Å². The third-order valence-corrected chi connectivity index (χ3v) is 36.3. The Bertz CT molecular complexity index is 2250. The molecule has 6 aromatic rings. The van der Waals surface area contributed by atoms with Gasteiger partial charge in [0, 0.05) is 0 Å². The van der Waals surface area contributed by atoms with Gasteiger partial charge in [0.05, 0.1) is 0 Å². The van der Waals surface area contributed by atoms with Gasteiger partial charge < -0.3 is 0 Å². The fourth-order valence-electron chi connectivity index (χ4n) is 8.07. The van der Waals surface area contributed by atoms with E-state index in [-0.39, 0.29) is 0 Å². The maximum atomic E-state index is 2.70. The number of nitrogens with zero attached hydrogens (tertiary/aromatic N) is 2. The average Bonchev–Trinajstić information content (AvgIpc) is 3.05. The van der Waals surface area contributed by atoms with Gasteiger partial charge in [0.15, 0.2) is 0 Å². The summed E-state index contributed by atoms with van der Waals surface area (Å²) >= 11 is 0. The molecule has 7 rings (SSSR count). The fourth-order valence-corrected chi connectivity index (χ4v) is 26.9. The topological polar surface area (TPSA) is 6.48 Å². The molecule has 0 radical (unpaired) electrons. The van der Waals surface area contributed by atoms with Crippen LogP contribution in [0.5, 0.6) is 0 Å². The van der Waals surface area contributed by atoms with Gasteiger partial charge in [0.25, 0.3) is 0 Å². The maximum absolute atomic E-state index is 2.70. The molecule has 0 spiro atoms. The zero-order valence-corrected chi connectivity index (χ0v) is 35.1. The van der Waals surface area contributed by atoms with E-state index in [0.717, 1.165) is 0 Å².